The Morgan fingerprint density at radius 2 is 1.72 bits per heavy atom. The topological polar surface area (TPSA) is 59.1 Å². The normalized spacial score (nSPS) is 24.5. The van der Waals surface area contributed by atoms with E-state index in [1.807, 2.05) is 29.2 Å². The van der Waals surface area contributed by atoms with Crippen molar-refractivity contribution in [2.24, 2.45) is 11.3 Å². The number of amides is 2. The van der Waals surface area contributed by atoms with Gasteiger partial charge >= 0.3 is 0 Å². The minimum Gasteiger partial charge on any atom is -0.497 e. The largest absolute Gasteiger partial charge is 0.497 e. The van der Waals surface area contributed by atoms with Crippen molar-refractivity contribution in [2.75, 3.05) is 38.8 Å². The average molecular weight is 401 g/mol. The molecule has 1 saturated carbocycles. The lowest BCUT2D eigenvalue weighted by atomic mass is 9.61. The number of carbonyl (C=O) groups excluding carboxylic acids is 2. The number of benzene rings is 1. The Bertz CT molecular complexity index is 734. The van der Waals surface area contributed by atoms with E-state index in [1.54, 1.807) is 19.1 Å². The highest BCUT2D eigenvalue weighted by atomic mass is 16.5. The van der Waals surface area contributed by atoms with Gasteiger partial charge in [-0.2, -0.15) is 0 Å². The molecule has 2 amide bonds. The smallest absolute Gasteiger partial charge is 0.246 e. The predicted molar refractivity (Wildman–Crippen MR) is 111 cm³/mol. The first kappa shape index (κ1) is 20.2. The second-order valence-corrected chi connectivity index (χ2v) is 8.72. The van der Waals surface area contributed by atoms with Crippen LogP contribution in [0.5, 0.6) is 5.75 Å². The van der Waals surface area contributed by atoms with Crippen molar-refractivity contribution in [3.63, 3.8) is 0 Å². The van der Waals surface area contributed by atoms with E-state index in [4.69, 9.17) is 9.47 Å². The molecular formula is C23H32N2O4. The zero-order valence-electron chi connectivity index (χ0n) is 17.6. The number of methoxy groups -OCH3 is 2. The molecule has 2 aliphatic heterocycles. The van der Waals surface area contributed by atoms with Crippen LogP contribution in [0.4, 0.5) is 5.69 Å². The second kappa shape index (κ2) is 8.34. The zero-order chi connectivity index (χ0) is 20.4. The van der Waals surface area contributed by atoms with Gasteiger partial charge < -0.3 is 14.4 Å². The van der Waals surface area contributed by atoms with E-state index in [0.29, 0.717) is 5.92 Å². The molecule has 1 atom stereocenters. The summed E-state index contributed by atoms with van der Waals surface area (Å²) in [4.78, 5) is 30.7. The Hall–Kier alpha value is -2.08. The molecule has 158 valence electrons. The Morgan fingerprint density at radius 1 is 1.07 bits per heavy atom. The van der Waals surface area contributed by atoms with Crippen molar-refractivity contribution in [1.29, 1.82) is 0 Å². The average Bonchev–Trinajstić information content (AvgIpc) is 2.78. The number of piperidine rings is 1. The van der Waals surface area contributed by atoms with Crippen molar-refractivity contribution in [3.8, 4) is 5.75 Å². The van der Waals surface area contributed by atoms with Gasteiger partial charge in [0.25, 0.3) is 0 Å². The maximum absolute atomic E-state index is 13.6. The molecule has 2 saturated heterocycles. The molecule has 1 aromatic rings. The molecule has 1 aromatic carbocycles. The van der Waals surface area contributed by atoms with E-state index in [1.165, 1.54) is 0 Å². The number of likely N-dealkylation sites (tertiary alicyclic amines) is 1. The summed E-state index contributed by atoms with van der Waals surface area (Å²) in [7, 11) is 3.36. The Kier molecular flexibility index (Phi) is 5.81. The molecule has 1 aliphatic carbocycles. The summed E-state index contributed by atoms with van der Waals surface area (Å²) in [6, 6.07) is 7.11. The van der Waals surface area contributed by atoms with Gasteiger partial charge in [-0.05, 0) is 55.9 Å². The van der Waals surface area contributed by atoms with Gasteiger partial charge in [0.2, 0.25) is 11.8 Å². The lowest BCUT2D eigenvalue weighted by molar-refractivity contribution is -0.156. The van der Waals surface area contributed by atoms with E-state index >= 15 is 0 Å². The molecule has 3 aliphatic rings. The monoisotopic (exact) mass is 400 g/mol. The third-order valence-corrected chi connectivity index (χ3v) is 7.09. The molecule has 0 radical (unpaired) electrons. The van der Waals surface area contributed by atoms with Gasteiger partial charge in [-0.1, -0.05) is 19.3 Å². The standard InChI is InChI=1S/C23H32N2O4/c1-28-16-17-10-14-24(15-11-17)21(26)20-23(12-4-3-5-13-23)22(27)25(20)18-6-8-19(29-2)9-7-18/h6-9,17,20H,3-5,10-16H2,1-2H3. The van der Waals surface area contributed by atoms with Gasteiger partial charge in [0.1, 0.15) is 11.8 Å². The van der Waals surface area contributed by atoms with Crippen molar-refractivity contribution < 1.29 is 19.1 Å². The Labute approximate surface area is 173 Å². The molecule has 4 rings (SSSR count). The number of nitrogens with zero attached hydrogens (tertiary/aromatic N) is 2. The highest BCUT2D eigenvalue weighted by Gasteiger charge is 2.64. The first-order valence-corrected chi connectivity index (χ1v) is 10.9. The highest BCUT2D eigenvalue weighted by Crippen LogP contribution is 2.52. The molecule has 3 fully saturated rings. The van der Waals surface area contributed by atoms with E-state index in [0.717, 1.165) is 76.1 Å². The van der Waals surface area contributed by atoms with Gasteiger partial charge in [0.15, 0.2) is 0 Å². The minimum absolute atomic E-state index is 0.120. The molecule has 1 unspecified atom stereocenters. The third-order valence-electron chi connectivity index (χ3n) is 7.09. The number of hydrogen-bond donors (Lipinski definition) is 0. The summed E-state index contributed by atoms with van der Waals surface area (Å²) in [6.45, 7) is 2.26. The summed E-state index contributed by atoms with van der Waals surface area (Å²) < 4.78 is 10.5. The number of rotatable bonds is 5. The quantitative estimate of drug-likeness (QED) is 0.712. The van der Waals surface area contributed by atoms with E-state index in [-0.39, 0.29) is 17.9 Å². The van der Waals surface area contributed by atoms with Crippen molar-refractivity contribution >= 4 is 17.5 Å². The molecule has 0 aromatic heterocycles. The van der Waals surface area contributed by atoms with Gasteiger partial charge in [0.05, 0.1) is 12.5 Å². The van der Waals surface area contributed by atoms with Crippen molar-refractivity contribution in [3.05, 3.63) is 24.3 Å². The number of hydrogen-bond acceptors (Lipinski definition) is 4. The van der Waals surface area contributed by atoms with Gasteiger partial charge in [-0.15, -0.1) is 0 Å². The molecule has 0 bridgehead atoms. The summed E-state index contributed by atoms with van der Waals surface area (Å²) in [5, 5.41) is 0. The summed E-state index contributed by atoms with van der Waals surface area (Å²) in [5.74, 6) is 1.51. The fourth-order valence-electron chi connectivity index (χ4n) is 5.41. The number of carbonyl (C=O) groups is 2. The van der Waals surface area contributed by atoms with Crippen LogP contribution in [0.3, 0.4) is 0 Å². The number of β-lactam (4-membered cyclic amide) rings is 1. The fraction of sp³-hybridized carbons (Fsp3) is 0.652. The van der Waals surface area contributed by atoms with Crippen LogP contribution in [0, 0.1) is 11.3 Å². The number of anilines is 1. The van der Waals surface area contributed by atoms with Crippen LogP contribution >= 0.6 is 0 Å². The molecule has 2 heterocycles. The molecule has 29 heavy (non-hydrogen) atoms. The van der Waals surface area contributed by atoms with E-state index in [2.05, 4.69) is 0 Å². The van der Waals surface area contributed by atoms with Gasteiger partial charge in [0, 0.05) is 32.5 Å². The Balaban J connectivity index is 1.57. The highest BCUT2D eigenvalue weighted by molar-refractivity contribution is 6.14. The van der Waals surface area contributed by atoms with Gasteiger partial charge in [-0.25, -0.2) is 0 Å². The molecule has 6 heteroatoms. The van der Waals surface area contributed by atoms with Crippen LogP contribution in [-0.4, -0.2) is 56.7 Å². The van der Waals surface area contributed by atoms with E-state index in [9.17, 15) is 9.59 Å². The maximum atomic E-state index is 13.6. The number of ether oxygens (including phenoxy) is 2. The lowest BCUT2D eigenvalue weighted by Gasteiger charge is -2.57. The van der Waals surface area contributed by atoms with Crippen LogP contribution < -0.4 is 9.64 Å². The van der Waals surface area contributed by atoms with E-state index < -0.39 is 5.41 Å². The van der Waals surface area contributed by atoms with Crippen molar-refractivity contribution in [1.82, 2.24) is 4.90 Å². The molecular weight excluding hydrogens is 368 g/mol. The summed E-state index contributed by atoms with van der Waals surface area (Å²) >= 11 is 0. The summed E-state index contributed by atoms with van der Waals surface area (Å²) in [5.41, 5.74) is 0.290. The Morgan fingerprint density at radius 3 is 2.31 bits per heavy atom. The van der Waals surface area contributed by atoms with Crippen molar-refractivity contribution in [2.45, 2.75) is 51.0 Å². The molecule has 0 N–H and O–H groups in total. The van der Waals surface area contributed by atoms with Crippen LogP contribution in [0.25, 0.3) is 0 Å². The minimum atomic E-state index is -0.501. The summed E-state index contributed by atoms with van der Waals surface area (Å²) in [6.07, 6.45) is 6.81. The maximum Gasteiger partial charge on any atom is 0.246 e. The lowest BCUT2D eigenvalue weighted by Crippen LogP contribution is -2.74. The molecule has 6 nitrogen and oxygen atoms in total. The fourth-order valence-corrected chi connectivity index (χ4v) is 5.41. The molecule has 1 spiro atoms. The SMILES string of the molecule is COCC1CCN(C(=O)C2N(c3ccc(OC)cc3)C(=O)C23CCCCC3)CC1. The third kappa shape index (κ3) is 3.52. The zero-order valence-corrected chi connectivity index (χ0v) is 17.6. The van der Waals surface area contributed by atoms with Crippen LogP contribution in [-0.2, 0) is 14.3 Å². The van der Waals surface area contributed by atoms with Crippen LogP contribution in [0.1, 0.15) is 44.9 Å². The second-order valence-electron chi connectivity index (χ2n) is 8.72. The van der Waals surface area contributed by atoms with Crippen LogP contribution in [0.15, 0.2) is 24.3 Å². The first-order valence-electron chi connectivity index (χ1n) is 10.9. The first-order chi connectivity index (χ1) is 14.1. The van der Waals surface area contributed by atoms with Crippen LogP contribution in [0.2, 0.25) is 0 Å². The van der Waals surface area contributed by atoms with Gasteiger partial charge in [-0.3, -0.25) is 14.5 Å². The predicted octanol–water partition coefficient (Wildman–Crippen LogP) is 3.25.